The molecule has 0 aromatic carbocycles. The topological polar surface area (TPSA) is 50.2 Å². The highest BCUT2D eigenvalue weighted by Gasteiger charge is 2.24. The summed E-state index contributed by atoms with van der Waals surface area (Å²) in [6.45, 7) is 9.34. The highest BCUT2D eigenvalue weighted by molar-refractivity contribution is 5.92. The van der Waals surface area contributed by atoms with E-state index in [9.17, 15) is 4.79 Å². The lowest BCUT2D eigenvalue weighted by Gasteiger charge is -2.31. The van der Waals surface area contributed by atoms with Crippen LogP contribution >= 0.6 is 0 Å². The number of hydrogen-bond acceptors (Lipinski definition) is 3. The van der Waals surface area contributed by atoms with Gasteiger partial charge in [0.05, 0.1) is 5.69 Å². The van der Waals surface area contributed by atoms with E-state index in [2.05, 4.69) is 24.3 Å². The Labute approximate surface area is 108 Å². The van der Waals surface area contributed by atoms with E-state index in [1.54, 1.807) is 0 Å². The van der Waals surface area contributed by atoms with E-state index in [1.165, 1.54) is 0 Å². The van der Waals surface area contributed by atoms with Gasteiger partial charge >= 0.3 is 0 Å². The molecule has 1 N–H and O–H groups in total. The number of rotatable bonds is 3. The van der Waals surface area contributed by atoms with Crippen LogP contribution in [0.5, 0.6) is 0 Å². The quantitative estimate of drug-likeness (QED) is 0.867. The Morgan fingerprint density at radius 2 is 2.33 bits per heavy atom. The lowest BCUT2D eigenvalue weighted by Crippen LogP contribution is -2.51. The summed E-state index contributed by atoms with van der Waals surface area (Å²) in [7, 11) is 0. The number of piperazine rings is 1. The second kappa shape index (κ2) is 5.52. The largest absolute Gasteiger partial charge is 0.334 e. The molecule has 5 heteroatoms. The van der Waals surface area contributed by atoms with Gasteiger partial charge in [-0.25, -0.2) is 0 Å². The highest BCUT2D eigenvalue weighted by Crippen LogP contribution is 2.11. The highest BCUT2D eigenvalue weighted by atomic mass is 16.2. The first kappa shape index (κ1) is 13.1. The minimum absolute atomic E-state index is 0.109. The number of carbonyl (C=O) groups excluding carboxylic acids is 1. The van der Waals surface area contributed by atoms with Crippen LogP contribution in [0.15, 0.2) is 6.07 Å². The molecule has 1 atom stereocenters. The fourth-order valence-corrected chi connectivity index (χ4v) is 2.33. The minimum atomic E-state index is 0.109. The molecule has 0 bridgehead atoms. The van der Waals surface area contributed by atoms with E-state index >= 15 is 0 Å². The molecule has 2 rings (SSSR count). The summed E-state index contributed by atoms with van der Waals surface area (Å²) in [5.41, 5.74) is 1.71. The molecule has 1 fully saturated rings. The van der Waals surface area contributed by atoms with Crippen molar-refractivity contribution in [1.82, 2.24) is 20.0 Å². The Balaban J connectivity index is 2.19. The number of nitrogens with one attached hydrogen (secondary N) is 1. The number of aryl methyl sites for hydroxylation is 2. The van der Waals surface area contributed by atoms with Gasteiger partial charge in [-0.2, -0.15) is 5.10 Å². The number of nitrogens with zero attached hydrogens (tertiary/aromatic N) is 3. The molecule has 1 aromatic rings. The molecular weight excluding hydrogens is 228 g/mol. The van der Waals surface area contributed by atoms with Crippen LogP contribution in [0.1, 0.15) is 37.0 Å². The monoisotopic (exact) mass is 250 g/mol. The van der Waals surface area contributed by atoms with Gasteiger partial charge in [0.1, 0.15) is 5.69 Å². The van der Waals surface area contributed by atoms with Crippen molar-refractivity contribution in [3.63, 3.8) is 0 Å². The van der Waals surface area contributed by atoms with Crippen molar-refractivity contribution in [3.05, 3.63) is 17.5 Å². The maximum absolute atomic E-state index is 12.5. The fourth-order valence-electron chi connectivity index (χ4n) is 2.33. The molecule has 0 spiro atoms. The zero-order valence-electron chi connectivity index (χ0n) is 11.4. The van der Waals surface area contributed by atoms with Crippen LogP contribution in [0.25, 0.3) is 0 Å². The number of aromatic nitrogens is 2. The third kappa shape index (κ3) is 2.56. The summed E-state index contributed by atoms with van der Waals surface area (Å²) < 4.78 is 1.81. The third-order valence-electron chi connectivity index (χ3n) is 3.37. The van der Waals surface area contributed by atoms with Gasteiger partial charge in [0.15, 0.2) is 0 Å². The Hall–Kier alpha value is -1.36. The van der Waals surface area contributed by atoms with Crippen LogP contribution in [-0.2, 0) is 13.0 Å². The SMILES string of the molecule is CCc1cc(C(=O)N2CCNC(C)C2)n(CC)n1. The van der Waals surface area contributed by atoms with Crippen LogP contribution < -0.4 is 5.32 Å². The van der Waals surface area contributed by atoms with Crippen LogP contribution in [-0.4, -0.2) is 46.3 Å². The summed E-state index contributed by atoms with van der Waals surface area (Å²) in [4.78, 5) is 14.4. The smallest absolute Gasteiger partial charge is 0.272 e. The van der Waals surface area contributed by atoms with Gasteiger partial charge in [-0.1, -0.05) is 6.92 Å². The average Bonchev–Trinajstić information content (AvgIpc) is 2.81. The van der Waals surface area contributed by atoms with Crippen LogP contribution in [0.3, 0.4) is 0 Å². The number of amides is 1. The second-order valence-corrected chi connectivity index (χ2v) is 4.80. The minimum Gasteiger partial charge on any atom is -0.334 e. The molecule has 1 aliphatic heterocycles. The molecule has 1 saturated heterocycles. The van der Waals surface area contributed by atoms with Crippen molar-refractivity contribution >= 4 is 5.91 Å². The van der Waals surface area contributed by atoms with Crippen molar-refractivity contribution in [3.8, 4) is 0 Å². The molecule has 1 aromatic heterocycles. The van der Waals surface area contributed by atoms with E-state index in [1.807, 2.05) is 22.6 Å². The Kier molecular flexibility index (Phi) is 4.01. The standard InChI is InChI=1S/C13H22N4O/c1-4-11-8-12(17(5-2)15-11)13(18)16-7-6-14-10(3)9-16/h8,10,14H,4-7,9H2,1-3H3. The first-order valence-electron chi connectivity index (χ1n) is 6.75. The maximum atomic E-state index is 12.5. The zero-order chi connectivity index (χ0) is 13.1. The van der Waals surface area contributed by atoms with Crippen molar-refractivity contribution < 1.29 is 4.79 Å². The summed E-state index contributed by atoms with van der Waals surface area (Å²) in [5, 5.41) is 7.78. The molecule has 0 aliphatic carbocycles. The van der Waals surface area contributed by atoms with E-state index in [4.69, 9.17) is 0 Å². The van der Waals surface area contributed by atoms with Crippen molar-refractivity contribution in [1.29, 1.82) is 0 Å². The summed E-state index contributed by atoms with van der Waals surface area (Å²) in [6.07, 6.45) is 0.866. The van der Waals surface area contributed by atoms with E-state index in [0.29, 0.717) is 6.04 Å². The molecule has 5 nitrogen and oxygen atoms in total. The van der Waals surface area contributed by atoms with Crippen LogP contribution in [0.4, 0.5) is 0 Å². The van der Waals surface area contributed by atoms with Gasteiger partial charge < -0.3 is 10.2 Å². The molecular formula is C13H22N4O. The van der Waals surface area contributed by atoms with Crippen molar-refractivity contribution in [2.45, 2.75) is 39.8 Å². The molecule has 100 valence electrons. The Bertz CT molecular complexity index is 427. The van der Waals surface area contributed by atoms with Gasteiger partial charge in [-0.05, 0) is 26.3 Å². The molecule has 1 aliphatic rings. The van der Waals surface area contributed by atoms with Gasteiger partial charge in [0.2, 0.25) is 0 Å². The van der Waals surface area contributed by atoms with E-state index in [-0.39, 0.29) is 5.91 Å². The third-order valence-corrected chi connectivity index (χ3v) is 3.37. The van der Waals surface area contributed by atoms with Gasteiger partial charge in [0.25, 0.3) is 5.91 Å². The summed E-state index contributed by atoms with van der Waals surface area (Å²) in [5.74, 6) is 0.109. The second-order valence-electron chi connectivity index (χ2n) is 4.80. The molecule has 18 heavy (non-hydrogen) atoms. The van der Waals surface area contributed by atoms with Crippen molar-refractivity contribution in [2.75, 3.05) is 19.6 Å². The zero-order valence-corrected chi connectivity index (χ0v) is 11.4. The number of hydrogen-bond donors (Lipinski definition) is 1. The number of carbonyl (C=O) groups is 1. The van der Waals surface area contributed by atoms with Gasteiger partial charge in [0, 0.05) is 32.2 Å². The van der Waals surface area contributed by atoms with Gasteiger partial charge in [-0.15, -0.1) is 0 Å². The maximum Gasteiger partial charge on any atom is 0.272 e. The average molecular weight is 250 g/mol. The Morgan fingerprint density at radius 3 is 2.94 bits per heavy atom. The van der Waals surface area contributed by atoms with Crippen LogP contribution in [0.2, 0.25) is 0 Å². The predicted octanol–water partition coefficient (Wildman–Crippen LogP) is 0.899. The Morgan fingerprint density at radius 1 is 1.56 bits per heavy atom. The summed E-state index contributed by atoms with van der Waals surface area (Å²) in [6, 6.07) is 2.30. The lowest BCUT2D eigenvalue weighted by atomic mass is 10.2. The molecule has 0 radical (unpaired) electrons. The first-order valence-corrected chi connectivity index (χ1v) is 6.75. The molecule has 1 amide bonds. The summed E-state index contributed by atoms with van der Waals surface area (Å²) >= 11 is 0. The predicted molar refractivity (Wildman–Crippen MR) is 70.6 cm³/mol. The first-order chi connectivity index (χ1) is 8.65. The normalized spacial score (nSPS) is 20.2. The van der Waals surface area contributed by atoms with Crippen molar-refractivity contribution in [2.24, 2.45) is 0 Å². The molecule has 1 unspecified atom stereocenters. The molecule has 2 heterocycles. The van der Waals surface area contributed by atoms with Gasteiger partial charge in [-0.3, -0.25) is 9.48 Å². The fraction of sp³-hybridized carbons (Fsp3) is 0.692. The van der Waals surface area contributed by atoms with Crippen LogP contribution in [0, 0.1) is 0 Å². The molecule has 0 saturated carbocycles. The van der Waals surface area contributed by atoms with E-state index in [0.717, 1.165) is 44.0 Å². The lowest BCUT2D eigenvalue weighted by molar-refractivity contribution is 0.0696. The van der Waals surface area contributed by atoms with E-state index < -0.39 is 0 Å².